The number of nitrogens with one attached hydrogen (secondary N) is 1. The lowest BCUT2D eigenvalue weighted by Crippen LogP contribution is -2.32. The molecule has 0 bridgehead atoms. The standard InChI is InChI=1S/C17H27N5OS/c1-11(2)22(6)17(23)14-12(3)13-15(18-8-7-9-21(4)5)19-10-20-16(13)24-14/h10-11H,7-9H2,1-6H3,(H,18,19,20). The maximum absolute atomic E-state index is 12.7. The molecular weight excluding hydrogens is 322 g/mol. The van der Waals surface area contributed by atoms with E-state index in [-0.39, 0.29) is 11.9 Å². The van der Waals surface area contributed by atoms with Crippen molar-refractivity contribution in [3.63, 3.8) is 0 Å². The fourth-order valence-corrected chi connectivity index (χ4v) is 3.54. The lowest BCUT2D eigenvalue weighted by atomic mass is 10.2. The number of hydrogen-bond donors (Lipinski definition) is 1. The largest absolute Gasteiger partial charge is 0.369 e. The maximum Gasteiger partial charge on any atom is 0.264 e. The predicted molar refractivity (Wildman–Crippen MR) is 101 cm³/mol. The zero-order valence-corrected chi connectivity index (χ0v) is 16.2. The molecule has 0 saturated heterocycles. The average Bonchev–Trinajstić information content (AvgIpc) is 2.87. The van der Waals surface area contributed by atoms with Crippen molar-refractivity contribution in [2.45, 2.75) is 33.2 Å². The summed E-state index contributed by atoms with van der Waals surface area (Å²) in [4.78, 5) is 26.9. The van der Waals surface area contributed by atoms with E-state index in [1.54, 1.807) is 11.2 Å². The molecular formula is C17H27N5OS. The molecule has 7 heteroatoms. The Hall–Kier alpha value is -1.73. The number of thiophene rings is 1. The van der Waals surface area contributed by atoms with Gasteiger partial charge in [-0.25, -0.2) is 9.97 Å². The highest BCUT2D eigenvalue weighted by molar-refractivity contribution is 7.20. The van der Waals surface area contributed by atoms with E-state index in [0.29, 0.717) is 0 Å². The quantitative estimate of drug-likeness (QED) is 0.779. The summed E-state index contributed by atoms with van der Waals surface area (Å²) in [7, 11) is 5.97. The zero-order chi connectivity index (χ0) is 17.9. The molecule has 6 nitrogen and oxygen atoms in total. The zero-order valence-electron chi connectivity index (χ0n) is 15.4. The smallest absolute Gasteiger partial charge is 0.264 e. The molecule has 2 rings (SSSR count). The number of rotatable bonds is 7. The first-order valence-corrected chi connectivity index (χ1v) is 9.04. The molecule has 0 unspecified atom stereocenters. The summed E-state index contributed by atoms with van der Waals surface area (Å²) < 4.78 is 0. The summed E-state index contributed by atoms with van der Waals surface area (Å²) in [6, 6.07) is 0.164. The summed E-state index contributed by atoms with van der Waals surface area (Å²) in [5.41, 5.74) is 0.961. The molecule has 0 atom stereocenters. The Labute approximate surface area is 147 Å². The molecule has 0 aromatic carbocycles. The van der Waals surface area contributed by atoms with Gasteiger partial charge in [0.15, 0.2) is 0 Å². The number of amides is 1. The number of hydrogen-bond acceptors (Lipinski definition) is 6. The molecule has 24 heavy (non-hydrogen) atoms. The van der Waals surface area contributed by atoms with Gasteiger partial charge in [0.25, 0.3) is 5.91 Å². The third-order valence-corrected chi connectivity index (χ3v) is 5.28. The first-order valence-electron chi connectivity index (χ1n) is 8.22. The van der Waals surface area contributed by atoms with Gasteiger partial charge in [0, 0.05) is 19.6 Å². The third-order valence-electron chi connectivity index (χ3n) is 4.09. The molecule has 0 aliphatic rings. The van der Waals surface area contributed by atoms with Gasteiger partial charge in [-0.05, 0) is 53.4 Å². The van der Waals surface area contributed by atoms with Crippen molar-refractivity contribution in [3.8, 4) is 0 Å². The second-order valence-electron chi connectivity index (χ2n) is 6.55. The van der Waals surface area contributed by atoms with E-state index in [0.717, 1.165) is 46.0 Å². The molecule has 0 aliphatic heterocycles. The maximum atomic E-state index is 12.7. The lowest BCUT2D eigenvalue weighted by molar-refractivity contribution is 0.0759. The Balaban J connectivity index is 2.27. The number of nitrogens with zero attached hydrogens (tertiary/aromatic N) is 4. The van der Waals surface area contributed by atoms with Crippen molar-refractivity contribution in [2.75, 3.05) is 39.5 Å². The Kier molecular flexibility index (Phi) is 6.12. The molecule has 0 saturated carbocycles. The minimum absolute atomic E-state index is 0.0454. The van der Waals surface area contributed by atoms with Crippen LogP contribution in [0.3, 0.4) is 0 Å². The molecule has 0 fully saturated rings. The fraction of sp³-hybridized carbons (Fsp3) is 0.588. The predicted octanol–water partition coefficient (Wildman–Crippen LogP) is 2.84. The van der Waals surface area contributed by atoms with Gasteiger partial charge in [-0.15, -0.1) is 11.3 Å². The van der Waals surface area contributed by atoms with E-state index >= 15 is 0 Å². The van der Waals surface area contributed by atoms with E-state index in [4.69, 9.17) is 0 Å². The van der Waals surface area contributed by atoms with Crippen molar-refractivity contribution < 1.29 is 4.79 Å². The molecule has 2 aromatic rings. The summed E-state index contributed by atoms with van der Waals surface area (Å²) >= 11 is 1.45. The third kappa shape index (κ3) is 4.02. The van der Waals surface area contributed by atoms with Crippen LogP contribution < -0.4 is 5.32 Å². The molecule has 132 valence electrons. The highest BCUT2D eigenvalue weighted by Gasteiger charge is 2.22. The van der Waals surface area contributed by atoms with Gasteiger partial charge in [0.1, 0.15) is 17.0 Å². The monoisotopic (exact) mass is 349 g/mol. The molecule has 2 heterocycles. The summed E-state index contributed by atoms with van der Waals surface area (Å²) in [6.45, 7) is 7.87. The Morgan fingerprint density at radius 3 is 2.62 bits per heavy atom. The molecule has 0 aliphatic carbocycles. The Morgan fingerprint density at radius 2 is 2.00 bits per heavy atom. The number of anilines is 1. The first-order chi connectivity index (χ1) is 11.3. The van der Waals surface area contributed by atoms with Crippen molar-refractivity contribution in [1.82, 2.24) is 19.8 Å². The van der Waals surface area contributed by atoms with Gasteiger partial charge in [-0.2, -0.15) is 0 Å². The van der Waals surface area contributed by atoms with Crippen molar-refractivity contribution in [1.29, 1.82) is 0 Å². The highest BCUT2D eigenvalue weighted by Crippen LogP contribution is 2.34. The van der Waals surface area contributed by atoms with E-state index in [1.807, 2.05) is 27.8 Å². The molecule has 2 aromatic heterocycles. The molecule has 0 spiro atoms. The molecule has 1 N–H and O–H groups in total. The van der Waals surface area contributed by atoms with Crippen LogP contribution in [0.15, 0.2) is 6.33 Å². The highest BCUT2D eigenvalue weighted by atomic mass is 32.1. The summed E-state index contributed by atoms with van der Waals surface area (Å²) in [5.74, 6) is 0.864. The first kappa shape index (κ1) is 18.6. The number of carbonyl (C=O) groups is 1. The number of aromatic nitrogens is 2. The van der Waals surface area contributed by atoms with Crippen LogP contribution in [0, 0.1) is 6.92 Å². The van der Waals surface area contributed by atoms with Gasteiger partial charge in [-0.1, -0.05) is 0 Å². The Morgan fingerprint density at radius 1 is 1.29 bits per heavy atom. The lowest BCUT2D eigenvalue weighted by Gasteiger charge is -2.20. The van der Waals surface area contributed by atoms with E-state index in [1.165, 1.54) is 11.3 Å². The number of aryl methyl sites for hydroxylation is 1. The van der Waals surface area contributed by atoms with Gasteiger partial charge in [-0.3, -0.25) is 4.79 Å². The second-order valence-corrected chi connectivity index (χ2v) is 7.55. The van der Waals surface area contributed by atoms with Crippen LogP contribution in [0.4, 0.5) is 5.82 Å². The second kappa shape index (κ2) is 7.90. The van der Waals surface area contributed by atoms with Crippen molar-refractivity contribution >= 4 is 33.3 Å². The van der Waals surface area contributed by atoms with Crippen LogP contribution in [-0.4, -0.2) is 65.9 Å². The van der Waals surface area contributed by atoms with Crippen LogP contribution >= 0.6 is 11.3 Å². The number of fused-ring (bicyclic) bond motifs is 1. The van der Waals surface area contributed by atoms with E-state index in [2.05, 4.69) is 34.3 Å². The van der Waals surface area contributed by atoms with Crippen LogP contribution in [0.1, 0.15) is 35.5 Å². The van der Waals surface area contributed by atoms with E-state index in [9.17, 15) is 4.79 Å². The normalized spacial score (nSPS) is 11.5. The topological polar surface area (TPSA) is 61.4 Å². The summed E-state index contributed by atoms with van der Waals surface area (Å²) in [6.07, 6.45) is 2.59. The van der Waals surface area contributed by atoms with Gasteiger partial charge in [0.2, 0.25) is 0 Å². The van der Waals surface area contributed by atoms with Gasteiger partial charge < -0.3 is 15.1 Å². The van der Waals surface area contributed by atoms with Gasteiger partial charge in [0.05, 0.1) is 10.3 Å². The van der Waals surface area contributed by atoms with Crippen molar-refractivity contribution in [3.05, 3.63) is 16.8 Å². The van der Waals surface area contributed by atoms with Crippen molar-refractivity contribution in [2.24, 2.45) is 0 Å². The summed E-state index contributed by atoms with van der Waals surface area (Å²) in [5, 5.41) is 4.36. The molecule has 0 radical (unpaired) electrons. The van der Waals surface area contributed by atoms with E-state index < -0.39 is 0 Å². The van der Waals surface area contributed by atoms with Crippen LogP contribution in [0.5, 0.6) is 0 Å². The fourth-order valence-electron chi connectivity index (χ4n) is 2.41. The van der Waals surface area contributed by atoms with Crippen LogP contribution in [-0.2, 0) is 0 Å². The minimum atomic E-state index is 0.0454. The van der Waals surface area contributed by atoms with Crippen LogP contribution in [0.25, 0.3) is 10.2 Å². The van der Waals surface area contributed by atoms with Gasteiger partial charge >= 0.3 is 0 Å². The minimum Gasteiger partial charge on any atom is -0.369 e. The number of carbonyl (C=O) groups excluding carboxylic acids is 1. The Bertz CT molecular complexity index is 710. The SMILES string of the molecule is Cc1c(C(=O)N(C)C(C)C)sc2ncnc(NCCCN(C)C)c12. The van der Waals surface area contributed by atoms with Crippen LogP contribution in [0.2, 0.25) is 0 Å². The molecule has 1 amide bonds. The average molecular weight is 350 g/mol.